The summed E-state index contributed by atoms with van der Waals surface area (Å²) in [7, 11) is 0. The third kappa shape index (κ3) is 4.35. The number of hydrogen-bond acceptors (Lipinski definition) is 3. The molecule has 0 atom stereocenters. The Kier molecular flexibility index (Phi) is 5.52. The highest BCUT2D eigenvalue weighted by atomic mass is 16.1. The average Bonchev–Trinajstić information content (AvgIpc) is 3.55. The molecule has 174 valence electrons. The molecular weight excluding hydrogens is 446 g/mol. The van der Waals surface area contributed by atoms with Crippen LogP contribution in [-0.4, -0.2) is 21.1 Å². The molecule has 1 amide bonds. The quantitative estimate of drug-likeness (QED) is 0.208. The van der Waals surface area contributed by atoms with Gasteiger partial charge in [-0.05, 0) is 66.2 Å². The Labute approximate surface area is 207 Å². The van der Waals surface area contributed by atoms with Crippen LogP contribution < -0.4 is 10.6 Å². The number of aromatic nitrogens is 3. The van der Waals surface area contributed by atoms with Gasteiger partial charge in [0.1, 0.15) is 0 Å². The molecule has 4 aromatic carbocycles. The molecule has 36 heavy (non-hydrogen) atoms. The zero-order chi connectivity index (χ0) is 24.3. The van der Waals surface area contributed by atoms with Crippen LogP contribution in [0.1, 0.15) is 21.6 Å². The van der Waals surface area contributed by atoms with Gasteiger partial charge in [0.2, 0.25) is 0 Å². The molecule has 2 aromatic heterocycles. The number of aromatic amines is 2. The first-order valence-electron chi connectivity index (χ1n) is 11.7. The minimum Gasteiger partial charge on any atom is -0.361 e. The fraction of sp³-hybridized carbons (Fsp3) is 0. The maximum atomic E-state index is 12.9. The second-order valence-corrected chi connectivity index (χ2v) is 8.52. The van der Waals surface area contributed by atoms with Crippen LogP contribution in [0, 0.1) is 0 Å². The highest BCUT2D eigenvalue weighted by molar-refractivity contribution is 6.12. The van der Waals surface area contributed by atoms with Gasteiger partial charge in [0.15, 0.2) is 0 Å². The van der Waals surface area contributed by atoms with Crippen molar-refractivity contribution < 1.29 is 4.79 Å². The van der Waals surface area contributed by atoms with Gasteiger partial charge in [-0.2, -0.15) is 5.10 Å². The summed E-state index contributed by atoms with van der Waals surface area (Å²) >= 11 is 0. The molecular formula is C30H23N5O. The highest BCUT2D eigenvalue weighted by Gasteiger charge is 2.11. The lowest BCUT2D eigenvalue weighted by atomic mass is 10.1. The first-order chi connectivity index (χ1) is 17.7. The van der Waals surface area contributed by atoms with Gasteiger partial charge in [-0.15, -0.1) is 0 Å². The molecule has 6 heteroatoms. The molecule has 2 heterocycles. The number of amides is 1. The van der Waals surface area contributed by atoms with Gasteiger partial charge >= 0.3 is 0 Å². The zero-order valence-corrected chi connectivity index (χ0v) is 19.3. The smallest absolute Gasteiger partial charge is 0.256 e. The molecule has 0 aliphatic rings. The molecule has 0 unspecified atom stereocenters. The molecule has 0 aliphatic heterocycles. The maximum absolute atomic E-state index is 12.9. The Balaban J connectivity index is 1.18. The average molecular weight is 470 g/mol. The van der Waals surface area contributed by atoms with Crippen LogP contribution in [0.5, 0.6) is 0 Å². The van der Waals surface area contributed by atoms with E-state index < -0.39 is 0 Å². The van der Waals surface area contributed by atoms with Crippen LogP contribution >= 0.6 is 0 Å². The molecule has 0 saturated carbocycles. The fourth-order valence-corrected chi connectivity index (χ4v) is 4.31. The van der Waals surface area contributed by atoms with Crippen LogP contribution in [0.25, 0.3) is 34.0 Å². The third-order valence-electron chi connectivity index (χ3n) is 6.07. The van der Waals surface area contributed by atoms with E-state index in [2.05, 4.69) is 50.1 Å². The molecule has 0 spiro atoms. The number of fused-ring (bicyclic) bond motifs is 2. The van der Waals surface area contributed by atoms with Crippen molar-refractivity contribution in [3.63, 3.8) is 0 Å². The van der Waals surface area contributed by atoms with Crippen LogP contribution in [0.2, 0.25) is 0 Å². The van der Waals surface area contributed by atoms with Crippen LogP contribution in [-0.2, 0) is 0 Å². The van der Waals surface area contributed by atoms with Gasteiger partial charge in [-0.25, -0.2) is 0 Å². The van der Waals surface area contributed by atoms with Gasteiger partial charge in [-0.1, -0.05) is 48.5 Å². The molecule has 0 radical (unpaired) electrons. The molecule has 0 bridgehead atoms. The van der Waals surface area contributed by atoms with Crippen molar-refractivity contribution in [1.82, 2.24) is 15.2 Å². The van der Waals surface area contributed by atoms with Crippen molar-refractivity contribution >= 4 is 56.9 Å². The number of carbonyl (C=O) groups excluding carboxylic acids is 1. The minimum absolute atomic E-state index is 0.146. The van der Waals surface area contributed by atoms with Crippen LogP contribution in [0.3, 0.4) is 0 Å². The summed E-state index contributed by atoms with van der Waals surface area (Å²) in [5.74, 6) is -0.146. The molecule has 6 nitrogen and oxygen atoms in total. The first kappa shape index (κ1) is 21.4. The van der Waals surface area contributed by atoms with E-state index in [0.29, 0.717) is 11.3 Å². The lowest BCUT2D eigenvalue weighted by Gasteiger charge is -2.10. The van der Waals surface area contributed by atoms with Crippen molar-refractivity contribution in [2.75, 3.05) is 10.6 Å². The summed E-state index contributed by atoms with van der Waals surface area (Å²) in [5, 5.41) is 16.0. The lowest BCUT2D eigenvalue weighted by Crippen LogP contribution is -2.12. The second-order valence-electron chi connectivity index (χ2n) is 8.52. The Morgan fingerprint density at radius 3 is 2.47 bits per heavy atom. The highest BCUT2D eigenvalue weighted by Crippen LogP contribution is 2.26. The van der Waals surface area contributed by atoms with Crippen LogP contribution in [0.15, 0.2) is 103 Å². The van der Waals surface area contributed by atoms with E-state index in [9.17, 15) is 4.79 Å². The van der Waals surface area contributed by atoms with E-state index in [4.69, 9.17) is 0 Å². The predicted molar refractivity (Wildman–Crippen MR) is 147 cm³/mol. The summed E-state index contributed by atoms with van der Waals surface area (Å²) in [5.41, 5.74) is 7.04. The fourth-order valence-electron chi connectivity index (χ4n) is 4.31. The van der Waals surface area contributed by atoms with Gasteiger partial charge in [-0.3, -0.25) is 9.89 Å². The number of nitrogens with zero attached hydrogens (tertiary/aromatic N) is 1. The monoisotopic (exact) mass is 469 g/mol. The normalized spacial score (nSPS) is 11.3. The topological polar surface area (TPSA) is 85.6 Å². The minimum atomic E-state index is -0.146. The molecule has 6 rings (SSSR count). The molecule has 0 aliphatic carbocycles. The number of anilines is 3. The molecule has 4 N–H and O–H groups in total. The van der Waals surface area contributed by atoms with E-state index in [-0.39, 0.29) is 5.91 Å². The summed E-state index contributed by atoms with van der Waals surface area (Å²) < 4.78 is 0. The van der Waals surface area contributed by atoms with Gasteiger partial charge in [0.05, 0.1) is 11.2 Å². The number of rotatable bonds is 6. The number of nitrogens with one attached hydrogen (secondary N) is 4. The van der Waals surface area contributed by atoms with Crippen molar-refractivity contribution in [2.24, 2.45) is 0 Å². The van der Waals surface area contributed by atoms with E-state index in [1.165, 1.54) is 0 Å². The molecule has 0 saturated heterocycles. The van der Waals surface area contributed by atoms with Crippen molar-refractivity contribution in [2.45, 2.75) is 0 Å². The molecule has 0 fully saturated rings. The second kappa shape index (κ2) is 9.27. The summed E-state index contributed by atoms with van der Waals surface area (Å²) in [4.78, 5) is 16.1. The lowest BCUT2D eigenvalue weighted by molar-refractivity contribution is 0.102. The Hall–Kier alpha value is -5.10. The van der Waals surface area contributed by atoms with E-state index >= 15 is 0 Å². The summed E-state index contributed by atoms with van der Waals surface area (Å²) in [6, 6.07) is 31.5. The molecule has 6 aromatic rings. The van der Waals surface area contributed by atoms with Crippen molar-refractivity contribution in [1.29, 1.82) is 0 Å². The van der Waals surface area contributed by atoms with Crippen molar-refractivity contribution in [3.8, 4) is 0 Å². The van der Waals surface area contributed by atoms with Gasteiger partial charge in [0.25, 0.3) is 5.91 Å². The Bertz CT molecular complexity index is 1710. The van der Waals surface area contributed by atoms with Crippen LogP contribution in [0.4, 0.5) is 17.1 Å². The van der Waals surface area contributed by atoms with Gasteiger partial charge in [0, 0.05) is 45.1 Å². The summed E-state index contributed by atoms with van der Waals surface area (Å²) in [6.45, 7) is 0. The number of carbonyl (C=O) groups is 1. The third-order valence-corrected chi connectivity index (χ3v) is 6.07. The Morgan fingerprint density at radius 1 is 0.722 bits per heavy atom. The standard InChI is InChI=1S/C30H23N5O/c36-30(25-10-5-11-27-24(25)16-17-31-27)33-22-9-4-8-21(18-22)32-23-13-14-26-28(34-35-29(26)19-23)15-12-20-6-2-1-3-7-20/h1-19,31-32H,(H,33,36)(H,34,35)/b15-12+. The number of hydrogen-bond donors (Lipinski definition) is 4. The first-order valence-corrected chi connectivity index (χ1v) is 11.7. The van der Waals surface area contributed by atoms with Crippen molar-refractivity contribution in [3.05, 3.63) is 120 Å². The van der Waals surface area contributed by atoms with E-state index in [1.807, 2.05) is 91.1 Å². The maximum Gasteiger partial charge on any atom is 0.256 e. The van der Waals surface area contributed by atoms with E-state index in [0.717, 1.165) is 44.4 Å². The zero-order valence-electron chi connectivity index (χ0n) is 19.3. The van der Waals surface area contributed by atoms with E-state index in [1.54, 1.807) is 0 Å². The summed E-state index contributed by atoms with van der Waals surface area (Å²) in [6.07, 6.45) is 5.91. The predicted octanol–water partition coefficient (Wildman–Crippen LogP) is 7.21. The number of H-pyrrole nitrogens is 2. The SMILES string of the molecule is O=C(Nc1cccc(Nc2ccc3c(/C=C/c4ccccc4)n[nH]c3c2)c1)c1cccc2[nH]ccc12. The Morgan fingerprint density at radius 2 is 1.56 bits per heavy atom. The number of benzene rings is 4. The van der Waals surface area contributed by atoms with Gasteiger partial charge < -0.3 is 15.6 Å². The largest absolute Gasteiger partial charge is 0.361 e.